The summed E-state index contributed by atoms with van der Waals surface area (Å²) in [6, 6.07) is 13.0. The van der Waals surface area contributed by atoms with Crippen molar-refractivity contribution < 1.29 is 0 Å². The molecule has 0 spiro atoms. The molecule has 21 heavy (non-hydrogen) atoms. The smallest absolute Gasteiger partial charge is 0.0599 e. The molecule has 3 nitrogen and oxygen atoms in total. The molecule has 0 fully saturated rings. The van der Waals surface area contributed by atoms with E-state index >= 15 is 0 Å². The highest BCUT2D eigenvalue weighted by atomic mass is 79.9. The van der Waals surface area contributed by atoms with Crippen molar-refractivity contribution in [1.29, 1.82) is 0 Å². The molecule has 0 bridgehead atoms. The quantitative estimate of drug-likeness (QED) is 0.856. The average molecular weight is 348 g/mol. The van der Waals surface area contributed by atoms with Crippen LogP contribution >= 0.6 is 15.9 Å². The number of rotatable bonds is 6. The lowest BCUT2D eigenvalue weighted by molar-refractivity contribution is 0.589. The zero-order valence-electron chi connectivity index (χ0n) is 12.8. The third-order valence-corrected chi connectivity index (χ3v) is 3.90. The fourth-order valence-corrected chi connectivity index (χ4v) is 2.84. The van der Waals surface area contributed by atoms with Crippen LogP contribution in [0.4, 0.5) is 5.69 Å². The van der Waals surface area contributed by atoms with Gasteiger partial charge in [-0.3, -0.25) is 4.98 Å². The highest BCUT2D eigenvalue weighted by molar-refractivity contribution is 9.10. The van der Waals surface area contributed by atoms with Crippen LogP contribution in [-0.4, -0.2) is 18.1 Å². The van der Waals surface area contributed by atoms with E-state index in [-0.39, 0.29) is 0 Å². The van der Waals surface area contributed by atoms with Crippen LogP contribution in [0.2, 0.25) is 0 Å². The van der Waals surface area contributed by atoms with Crippen LogP contribution < -0.4 is 10.2 Å². The summed E-state index contributed by atoms with van der Waals surface area (Å²) in [4.78, 5) is 6.57. The Hall–Kier alpha value is -1.39. The van der Waals surface area contributed by atoms with Crippen LogP contribution in [0.5, 0.6) is 0 Å². The largest absolute Gasteiger partial charge is 0.368 e. The summed E-state index contributed by atoms with van der Waals surface area (Å²) >= 11 is 3.68. The van der Waals surface area contributed by atoms with Crippen LogP contribution in [0.15, 0.2) is 47.1 Å². The van der Waals surface area contributed by atoms with Gasteiger partial charge >= 0.3 is 0 Å². The van der Waals surface area contributed by atoms with E-state index < -0.39 is 0 Å². The van der Waals surface area contributed by atoms with Gasteiger partial charge in [-0.2, -0.15) is 0 Å². The van der Waals surface area contributed by atoms with Crippen molar-refractivity contribution in [2.45, 2.75) is 33.0 Å². The normalized spacial score (nSPS) is 10.9. The van der Waals surface area contributed by atoms with Gasteiger partial charge in [-0.25, -0.2) is 0 Å². The van der Waals surface area contributed by atoms with Crippen molar-refractivity contribution in [2.24, 2.45) is 0 Å². The molecule has 112 valence electrons. The van der Waals surface area contributed by atoms with E-state index in [1.54, 1.807) is 0 Å². The Kier molecular flexibility index (Phi) is 5.76. The summed E-state index contributed by atoms with van der Waals surface area (Å²) in [6.45, 7) is 6.00. The van der Waals surface area contributed by atoms with E-state index in [9.17, 15) is 0 Å². The SMILES string of the molecule is CC(C)NCc1ccc(N(C)Cc2ccccn2)c(Br)c1. The molecule has 0 saturated carbocycles. The first-order valence-corrected chi connectivity index (χ1v) is 7.98. The third kappa shape index (κ3) is 4.83. The van der Waals surface area contributed by atoms with Crippen molar-refractivity contribution in [1.82, 2.24) is 10.3 Å². The number of anilines is 1. The lowest BCUT2D eigenvalue weighted by Gasteiger charge is -2.21. The van der Waals surface area contributed by atoms with Gasteiger partial charge in [0.05, 0.1) is 17.9 Å². The average Bonchev–Trinajstić information content (AvgIpc) is 2.46. The molecule has 0 amide bonds. The van der Waals surface area contributed by atoms with Crippen LogP contribution in [-0.2, 0) is 13.1 Å². The lowest BCUT2D eigenvalue weighted by atomic mass is 10.2. The first kappa shape index (κ1) is 16.0. The molecule has 0 saturated heterocycles. The Balaban J connectivity index is 2.06. The molecule has 0 unspecified atom stereocenters. The number of aromatic nitrogens is 1. The lowest BCUT2D eigenvalue weighted by Crippen LogP contribution is -2.22. The molecule has 0 aliphatic rings. The molecule has 0 aliphatic carbocycles. The highest BCUT2D eigenvalue weighted by Gasteiger charge is 2.08. The molecular formula is C17H22BrN3. The van der Waals surface area contributed by atoms with Crippen LogP contribution in [0.25, 0.3) is 0 Å². The van der Waals surface area contributed by atoms with Crippen molar-refractivity contribution in [2.75, 3.05) is 11.9 Å². The van der Waals surface area contributed by atoms with Gasteiger partial charge < -0.3 is 10.2 Å². The van der Waals surface area contributed by atoms with Gasteiger partial charge in [0, 0.05) is 30.3 Å². The highest BCUT2D eigenvalue weighted by Crippen LogP contribution is 2.27. The van der Waals surface area contributed by atoms with E-state index in [0.29, 0.717) is 6.04 Å². The van der Waals surface area contributed by atoms with Crippen LogP contribution in [0.3, 0.4) is 0 Å². The summed E-state index contributed by atoms with van der Waals surface area (Å²) < 4.78 is 1.11. The predicted molar refractivity (Wildman–Crippen MR) is 92.5 cm³/mol. The van der Waals surface area contributed by atoms with E-state index in [0.717, 1.165) is 23.3 Å². The van der Waals surface area contributed by atoms with Crippen molar-refractivity contribution in [3.05, 3.63) is 58.3 Å². The second kappa shape index (κ2) is 7.57. The summed E-state index contributed by atoms with van der Waals surface area (Å²) in [6.07, 6.45) is 1.83. The molecule has 1 heterocycles. The Morgan fingerprint density at radius 3 is 2.67 bits per heavy atom. The van der Waals surface area contributed by atoms with Gasteiger partial charge in [0.1, 0.15) is 0 Å². The molecule has 2 aromatic rings. The van der Waals surface area contributed by atoms with Crippen molar-refractivity contribution >= 4 is 21.6 Å². The maximum atomic E-state index is 4.37. The summed E-state index contributed by atoms with van der Waals surface area (Å²) in [7, 11) is 2.08. The minimum atomic E-state index is 0.496. The van der Waals surface area contributed by atoms with E-state index in [1.165, 1.54) is 11.3 Å². The first-order valence-electron chi connectivity index (χ1n) is 7.19. The van der Waals surface area contributed by atoms with Crippen molar-refractivity contribution in [3.63, 3.8) is 0 Å². The maximum Gasteiger partial charge on any atom is 0.0599 e. The van der Waals surface area contributed by atoms with E-state index in [1.807, 2.05) is 24.4 Å². The molecule has 1 aromatic carbocycles. The predicted octanol–water partition coefficient (Wildman–Crippen LogP) is 3.98. The standard InChI is InChI=1S/C17H22BrN3/c1-13(2)20-11-14-7-8-17(16(18)10-14)21(3)12-15-6-4-5-9-19-15/h4-10,13,20H,11-12H2,1-3H3. The fraction of sp³-hybridized carbons (Fsp3) is 0.353. The minimum absolute atomic E-state index is 0.496. The monoisotopic (exact) mass is 347 g/mol. The number of nitrogens with zero attached hydrogens (tertiary/aromatic N) is 2. The Labute approximate surface area is 135 Å². The van der Waals surface area contributed by atoms with Gasteiger partial charge in [-0.05, 0) is 45.8 Å². The molecule has 0 atom stereocenters. The Morgan fingerprint density at radius 1 is 1.24 bits per heavy atom. The Bertz CT molecular complexity index is 570. The number of hydrogen-bond donors (Lipinski definition) is 1. The second-order valence-corrected chi connectivity index (χ2v) is 6.35. The van der Waals surface area contributed by atoms with Gasteiger partial charge in [-0.15, -0.1) is 0 Å². The topological polar surface area (TPSA) is 28.2 Å². The number of hydrogen-bond acceptors (Lipinski definition) is 3. The van der Waals surface area contributed by atoms with Gasteiger partial charge in [0.15, 0.2) is 0 Å². The summed E-state index contributed by atoms with van der Waals surface area (Å²) in [5, 5.41) is 3.43. The molecule has 2 rings (SSSR count). The van der Waals surface area contributed by atoms with E-state index in [2.05, 4.69) is 70.2 Å². The first-order chi connectivity index (χ1) is 10.1. The number of halogens is 1. The zero-order chi connectivity index (χ0) is 15.2. The zero-order valence-corrected chi connectivity index (χ0v) is 14.4. The van der Waals surface area contributed by atoms with E-state index in [4.69, 9.17) is 0 Å². The third-order valence-electron chi connectivity index (χ3n) is 3.26. The summed E-state index contributed by atoms with van der Waals surface area (Å²) in [5.41, 5.74) is 3.52. The number of pyridine rings is 1. The van der Waals surface area contributed by atoms with Gasteiger partial charge in [-0.1, -0.05) is 26.0 Å². The molecule has 1 N–H and O–H groups in total. The van der Waals surface area contributed by atoms with Gasteiger partial charge in [0.2, 0.25) is 0 Å². The molecule has 4 heteroatoms. The molecular weight excluding hydrogens is 326 g/mol. The van der Waals surface area contributed by atoms with Crippen LogP contribution in [0.1, 0.15) is 25.1 Å². The molecule has 1 aromatic heterocycles. The van der Waals surface area contributed by atoms with Crippen molar-refractivity contribution in [3.8, 4) is 0 Å². The fourth-order valence-electron chi connectivity index (χ4n) is 2.11. The van der Waals surface area contributed by atoms with Crippen LogP contribution in [0, 0.1) is 0 Å². The maximum absolute atomic E-state index is 4.37. The number of benzene rings is 1. The Morgan fingerprint density at radius 2 is 2.05 bits per heavy atom. The number of nitrogens with one attached hydrogen (secondary N) is 1. The molecule has 0 aliphatic heterocycles. The minimum Gasteiger partial charge on any atom is -0.368 e. The van der Waals surface area contributed by atoms with Gasteiger partial charge in [0.25, 0.3) is 0 Å². The molecule has 0 radical (unpaired) electrons. The summed E-state index contributed by atoms with van der Waals surface area (Å²) in [5.74, 6) is 0. The second-order valence-electron chi connectivity index (χ2n) is 5.50.